The standard InChI is InChI=1S/C22H29N3O4/c1-22(2,3)29-21(27)24-17-10-8-16(9-11-17)20(26)23-15-18(19-7-6-14-28-19)25-12-4-5-13-25/h6-11,14,18H,4-5,12-13,15H2,1-3H3,(H,23,26)(H,24,27)/t18-/m0/s1. The molecule has 1 aromatic heterocycles. The molecule has 2 N–H and O–H groups in total. The summed E-state index contributed by atoms with van der Waals surface area (Å²) in [6.45, 7) is 7.90. The summed E-state index contributed by atoms with van der Waals surface area (Å²) >= 11 is 0. The van der Waals surface area contributed by atoms with Gasteiger partial charge in [-0.1, -0.05) is 0 Å². The summed E-state index contributed by atoms with van der Waals surface area (Å²) in [5, 5.41) is 5.66. The number of carbonyl (C=O) groups is 2. The number of benzene rings is 1. The lowest BCUT2D eigenvalue weighted by atomic mass is 10.1. The number of furan rings is 1. The van der Waals surface area contributed by atoms with Crippen LogP contribution in [0.25, 0.3) is 0 Å². The summed E-state index contributed by atoms with van der Waals surface area (Å²) in [5.41, 5.74) is 0.532. The molecule has 0 unspecified atom stereocenters. The van der Waals surface area contributed by atoms with Crippen molar-refractivity contribution in [2.75, 3.05) is 25.0 Å². The number of hydrogen-bond donors (Lipinski definition) is 2. The number of anilines is 1. The molecule has 1 aliphatic rings. The first-order valence-electron chi connectivity index (χ1n) is 9.97. The van der Waals surface area contributed by atoms with Gasteiger partial charge in [-0.25, -0.2) is 4.79 Å². The first-order chi connectivity index (χ1) is 13.8. The highest BCUT2D eigenvalue weighted by Gasteiger charge is 2.26. The Bertz CT molecular complexity index is 804. The second-order valence-electron chi connectivity index (χ2n) is 8.19. The molecule has 2 heterocycles. The average molecular weight is 399 g/mol. The molecule has 7 heteroatoms. The van der Waals surface area contributed by atoms with Gasteiger partial charge < -0.3 is 14.5 Å². The molecule has 0 aliphatic carbocycles. The normalized spacial score (nSPS) is 15.7. The highest BCUT2D eigenvalue weighted by molar-refractivity contribution is 5.95. The van der Waals surface area contributed by atoms with Crippen LogP contribution < -0.4 is 10.6 Å². The van der Waals surface area contributed by atoms with Crippen molar-refractivity contribution >= 4 is 17.7 Å². The van der Waals surface area contributed by atoms with Gasteiger partial charge in [0.2, 0.25) is 0 Å². The number of nitrogens with one attached hydrogen (secondary N) is 2. The molecule has 0 spiro atoms. The van der Waals surface area contributed by atoms with Crippen LogP contribution in [0, 0.1) is 0 Å². The Hall–Kier alpha value is -2.80. The molecule has 2 amide bonds. The molecule has 7 nitrogen and oxygen atoms in total. The molecule has 0 saturated carbocycles. The summed E-state index contributed by atoms with van der Waals surface area (Å²) < 4.78 is 10.8. The average Bonchev–Trinajstić information content (AvgIpc) is 3.35. The van der Waals surface area contributed by atoms with E-state index in [0.717, 1.165) is 31.7 Å². The lowest BCUT2D eigenvalue weighted by Crippen LogP contribution is -2.36. The molecule has 1 aromatic carbocycles. The Kier molecular flexibility index (Phi) is 6.59. The van der Waals surface area contributed by atoms with Gasteiger partial charge in [0, 0.05) is 17.8 Å². The van der Waals surface area contributed by atoms with Crippen LogP contribution in [0.2, 0.25) is 0 Å². The molecule has 1 fully saturated rings. The smallest absolute Gasteiger partial charge is 0.412 e. The van der Waals surface area contributed by atoms with E-state index in [1.807, 2.05) is 12.1 Å². The lowest BCUT2D eigenvalue weighted by molar-refractivity contribution is 0.0635. The first kappa shape index (κ1) is 20.9. The SMILES string of the molecule is CC(C)(C)OC(=O)Nc1ccc(C(=O)NC[C@@H](c2ccco2)N2CCCC2)cc1. The third-order valence-electron chi connectivity index (χ3n) is 4.70. The van der Waals surface area contributed by atoms with Crippen molar-refractivity contribution in [3.63, 3.8) is 0 Å². The number of nitrogens with zero attached hydrogens (tertiary/aromatic N) is 1. The van der Waals surface area contributed by atoms with Crippen molar-refractivity contribution < 1.29 is 18.7 Å². The van der Waals surface area contributed by atoms with E-state index >= 15 is 0 Å². The Labute approximate surface area is 171 Å². The molecule has 0 radical (unpaired) electrons. The van der Waals surface area contributed by atoms with Crippen LogP contribution >= 0.6 is 0 Å². The summed E-state index contributed by atoms with van der Waals surface area (Å²) in [7, 11) is 0. The van der Waals surface area contributed by atoms with Gasteiger partial charge in [0.05, 0.1) is 12.3 Å². The fraction of sp³-hybridized carbons (Fsp3) is 0.455. The number of likely N-dealkylation sites (tertiary alicyclic amines) is 1. The summed E-state index contributed by atoms with van der Waals surface area (Å²) in [5.74, 6) is 0.702. The predicted octanol–water partition coefficient (Wildman–Crippen LogP) is 4.19. The minimum atomic E-state index is -0.566. The fourth-order valence-electron chi connectivity index (χ4n) is 3.36. The molecule has 156 valence electrons. The van der Waals surface area contributed by atoms with Crippen LogP contribution in [0.15, 0.2) is 47.1 Å². The number of amides is 2. The molecule has 29 heavy (non-hydrogen) atoms. The van der Waals surface area contributed by atoms with E-state index in [2.05, 4.69) is 15.5 Å². The third kappa shape index (κ3) is 6.09. The Morgan fingerprint density at radius 3 is 2.41 bits per heavy atom. The zero-order chi connectivity index (χ0) is 20.9. The molecular weight excluding hydrogens is 370 g/mol. The third-order valence-corrected chi connectivity index (χ3v) is 4.70. The second kappa shape index (κ2) is 9.13. The van der Waals surface area contributed by atoms with Crippen LogP contribution in [-0.2, 0) is 4.74 Å². The Balaban J connectivity index is 1.56. The van der Waals surface area contributed by atoms with Crippen LogP contribution in [0.3, 0.4) is 0 Å². The van der Waals surface area contributed by atoms with E-state index in [9.17, 15) is 9.59 Å². The van der Waals surface area contributed by atoms with Crippen LogP contribution in [-0.4, -0.2) is 42.1 Å². The summed E-state index contributed by atoms with van der Waals surface area (Å²) in [6.07, 6.45) is 3.46. The molecule has 3 rings (SSSR count). The number of ether oxygens (including phenoxy) is 1. The van der Waals surface area contributed by atoms with Gasteiger partial charge in [0.15, 0.2) is 0 Å². The van der Waals surface area contributed by atoms with E-state index in [0.29, 0.717) is 17.8 Å². The zero-order valence-electron chi connectivity index (χ0n) is 17.2. The summed E-state index contributed by atoms with van der Waals surface area (Å²) in [4.78, 5) is 26.8. The Morgan fingerprint density at radius 1 is 1.14 bits per heavy atom. The van der Waals surface area contributed by atoms with Crippen LogP contribution in [0.4, 0.5) is 10.5 Å². The maximum atomic E-state index is 12.6. The van der Waals surface area contributed by atoms with Gasteiger partial charge in [-0.2, -0.15) is 0 Å². The van der Waals surface area contributed by atoms with Crippen LogP contribution in [0.1, 0.15) is 55.8 Å². The lowest BCUT2D eigenvalue weighted by Gasteiger charge is -2.26. The summed E-state index contributed by atoms with van der Waals surface area (Å²) in [6, 6.07) is 10.6. The predicted molar refractivity (Wildman–Crippen MR) is 111 cm³/mol. The topological polar surface area (TPSA) is 83.8 Å². The number of rotatable bonds is 6. The molecular formula is C22H29N3O4. The molecule has 1 aliphatic heterocycles. The van der Waals surface area contributed by atoms with Crippen LogP contribution in [0.5, 0.6) is 0 Å². The van der Waals surface area contributed by atoms with Gasteiger partial charge in [-0.3, -0.25) is 15.0 Å². The highest BCUT2D eigenvalue weighted by Crippen LogP contribution is 2.25. The molecule has 1 saturated heterocycles. The van der Waals surface area contributed by atoms with E-state index in [4.69, 9.17) is 9.15 Å². The number of carbonyl (C=O) groups excluding carboxylic acids is 2. The van der Waals surface area contributed by atoms with E-state index in [-0.39, 0.29) is 11.9 Å². The molecule has 0 bridgehead atoms. The van der Waals surface area contributed by atoms with E-state index in [1.54, 1.807) is 51.3 Å². The van der Waals surface area contributed by atoms with Crippen molar-refractivity contribution in [1.82, 2.24) is 10.2 Å². The van der Waals surface area contributed by atoms with Crippen molar-refractivity contribution in [3.05, 3.63) is 54.0 Å². The van der Waals surface area contributed by atoms with Crippen molar-refractivity contribution in [2.45, 2.75) is 45.3 Å². The minimum Gasteiger partial charge on any atom is -0.468 e. The second-order valence-corrected chi connectivity index (χ2v) is 8.19. The zero-order valence-corrected chi connectivity index (χ0v) is 17.2. The minimum absolute atomic E-state index is 0.0320. The van der Waals surface area contributed by atoms with Gasteiger partial charge in [0.25, 0.3) is 5.91 Å². The van der Waals surface area contributed by atoms with E-state index < -0.39 is 11.7 Å². The fourth-order valence-corrected chi connectivity index (χ4v) is 3.36. The first-order valence-corrected chi connectivity index (χ1v) is 9.97. The van der Waals surface area contributed by atoms with Gasteiger partial charge in [-0.15, -0.1) is 0 Å². The Morgan fingerprint density at radius 2 is 1.83 bits per heavy atom. The highest BCUT2D eigenvalue weighted by atomic mass is 16.6. The molecule has 1 atom stereocenters. The maximum absolute atomic E-state index is 12.6. The van der Waals surface area contributed by atoms with Gasteiger partial charge in [-0.05, 0) is 83.1 Å². The molecule has 2 aromatic rings. The van der Waals surface area contributed by atoms with Gasteiger partial charge in [0.1, 0.15) is 11.4 Å². The van der Waals surface area contributed by atoms with E-state index in [1.165, 1.54) is 0 Å². The largest absolute Gasteiger partial charge is 0.468 e. The van der Waals surface area contributed by atoms with Crippen molar-refractivity contribution in [2.24, 2.45) is 0 Å². The van der Waals surface area contributed by atoms with Crippen molar-refractivity contribution in [3.8, 4) is 0 Å². The quantitative estimate of drug-likeness (QED) is 0.761. The van der Waals surface area contributed by atoms with Gasteiger partial charge >= 0.3 is 6.09 Å². The maximum Gasteiger partial charge on any atom is 0.412 e. The van der Waals surface area contributed by atoms with Crippen molar-refractivity contribution in [1.29, 1.82) is 0 Å². The monoisotopic (exact) mass is 399 g/mol. The number of hydrogen-bond acceptors (Lipinski definition) is 5.